The van der Waals surface area contributed by atoms with Crippen LogP contribution in [0.1, 0.15) is 194 Å². The van der Waals surface area contributed by atoms with Crippen LogP contribution >= 0.6 is 7.82 Å². The Morgan fingerprint density at radius 1 is 0.511 bits per heavy atom. The number of phosphoric acid groups is 1. The van der Waals surface area contributed by atoms with Crippen molar-refractivity contribution in [2.75, 3.05) is 6.61 Å². The highest BCUT2D eigenvalue weighted by Crippen LogP contribution is 2.26. The van der Waals surface area contributed by atoms with Gasteiger partial charge in [0.25, 0.3) is 0 Å². The molecule has 0 aromatic heterocycles. The maximum atomic E-state index is 12.8. The first-order valence-electron chi connectivity index (χ1n) is 18.3. The van der Waals surface area contributed by atoms with Gasteiger partial charge in [0.1, 0.15) is 6.10 Å². The van der Waals surface area contributed by atoms with E-state index in [4.69, 9.17) is 19.2 Å². The molecule has 0 saturated carbocycles. The number of ketones is 2. The summed E-state index contributed by atoms with van der Waals surface area (Å²) in [6.45, 7) is 3.69. The molecule has 0 amide bonds. The van der Waals surface area contributed by atoms with Crippen LogP contribution in [0.5, 0.6) is 0 Å². The maximum Gasteiger partial charge on any atom is 0.466 e. The van der Waals surface area contributed by atoms with E-state index < -0.39 is 37.7 Å². The van der Waals surface area contributed by atoms with E-state index in [9.17, 15) is 24.9 Å². The number of aliphatic hydroxyl groups is 3. The molecule has 0 aliphatic rings. The first-order valence-corrected chi connectivity index (χ1v) is 19.9. The van der Waals surface area contributed by atoms with Gasteiger partial charge in [0.05, 0.1) is 6.61 Å². The summed E-state index contributed by atoms with van der Waals surface area (Å²) in [6.07, 6.45) is 29.4. The first-order chi connectivity index (χ1) is 21.4. The molecular weight excluding hydrogens is 595 g/mol. The lowest BCUT2D eigenvalue weighted by Crippen LogP contribution is -2.57. The summed E-state index contributed by atoms with van der Waals surface area (Å²) in [4.78, 5) is 47.2. The lowest BCUT2D eigenvalue weighted by Gasteiger charge is -2.29. The Morgan fingerprint density at radius 2 is 0.711 bits per heavy atom. The number of rotatable bonds is 32. The minimum atomic E-state index is -4.64. The van der Waals surface area contributed by atoms with Gasteiger partial charge in [-0.2, -0.15) is 0 Å². The molecule has 0 heterocycles. The highest BCUT2D eigenvalue weighted by molar-refractivity contribution is 7.45. The van der Waals surface area contributed by atoms with Crippen LogP contribution in [0.4, 0.5) is 0 Å². The second kappa shape index (κ2) is 31.9. The second-order valence-electron chi connectivity index (χ2n) is 12.8. The monoisotopic (exact) mass is 666 g/mol. The van der Waals surface area contributed by atoms with Gasteiger partial charge < -0.3 is 30.0 Å². The lowest BCUT2D eigenvalue weighted by atomic mass is 9.82. The summed E-state index contributed by atoms with van der Waals surface area (Å²) >= 11 is 0. The molecule has 0 aromatic rings. The van der Waals surface area contributed by atoms with Gasteiger partial charge in [0.15, 0.2) is 11.6 Å². The van der Waals surface area contributed by atoms with Gasteiger partial charge in [-0.05, 0) is 12.8 Å². The van der Waals surface area contributed by atoms with Crippen molar-refractivity contribution in [2.45, 2.75) is 205 Å². The molecule has 0 saturated heterocycles. The smallest absolute Gasteiger partial charge is 0.394 e. The van der Waals surface area contributed by atoms with Gasteiger partial charge in [-0.3, -0.25) is 9.59 Å². The topological polar surface area (TPSA) is 173 Å². The number of unbranched alkanes of at least 4 members (excludes halogenated alkanes) is 24. The van der Waals surface area contributed by atoms with E-state index in [1.807, 2.05) is 0 Å². The van der Waals surface area contributed by atoms with E-state index in [0.29, 0.717) is 12.8 Å². The molecule has 270 valence electrons. The Morgan fingerprint density at radius 3 is 0.911 bits per heavy atom. The molecule has 1 atom stereocenters. The number of hydrogen-bond donors (Lipinski definition) is 6. The second-order valence-corrected chi connectivity index (χ2v) is 13.8. The number of Topliss-reactive ketones (excluding diaryl/α,β-unsaturated/α-hetero) is 2. The van der Waals surface area contributed by atoms with E-state index in [0.717, 1.165) is 38.5 Å². The van der Waals surface area contributed by atoms with E-state index in [2.05, 4.69) is 13.8 Å². The van der Waals surface area contributed by atoms with Crippen LogP contribution in [0.15, 0.2) is 0 Å². The van der Waals surface area contributed by atoms with Crippen molar-refractivity contribution in [3.8, 4) is 0 Å². The summed E-state index contributed by atoms with van der Waals surface area (Å²) in [5.74, 6) is -1.28. The molecule has 0 aliphatic carbocycles. The van der Waals surface area contributed by atoms with Crippen LogP contribution in [0.3, 0.4) is 0 Å². The molecule has 0 radical (unpaired) electrons. The third kappa shape index (κ3) is 30.4. The molecular formula is C35H71O9P. The third-order valence-corrected chi connectivity index (χ3v) is 8.52. The van der Waals surface area contributed by atoms with Crippen molar-refractivity contribution in [3.05, 3.63) is 0 Å². The van der Waals surface area contributed by atoms with E-state index in [1.54, 1.807) is 0 Å². The molecule has 1 unspecified atom stereocenters. The minimum Gasteiger partial charge on any atom is -0.394 e. The van der Waals surface area contributed by atoms with E-state index in [-0.39, 0.29) is 12.8 Å². The normalized spacial score (nSPS) is 12.5. The van der Waals surface area contributed by atoms with Crippen molar-refractivity contribution in [1.82, 2.24) is 0 Å². The molecule has 0 aromatic carbocycles. The zero-order valence-electron chi connectivity index (χ0n) is 28.9. The molecule has 0 aliphatic heterocycles. The summed E-state index contributed by atoms with van der Waals surface area (Å²) in [7, 11) is -4.64. The fraction of sp³-hybridized carbons (Fsp3) is 0.943. The fourth-order valence-electron chi connectivity index (χ4n) is 5.65. The number of carbonyl (C=O) groups excluding carboxylic acids is 2. The summed E-state index contributed by atoms with van der Waals surface area (Å²) < 4.78 is 8.88. The number of hydrogen-bond acceptors (Lipinski definition) is 6. The van der Waals surface area contributed by atoms with E-state index >= 15 is 0 Å². The molecule has 0 bridgehead atoms. The summed E-state index contributed by atoms with van der Waals surface area (Å²) in [5, 5.41) is 30.5. The average molecular weight is 667 g/mol. The van der Waals surface area contributed by atoms with Crippen LogP contribution in [0.2, 0.25) is 0 Å². The van der Waals surface area contributed by atoms with Crippen LogP contribution in [-0.4, -0.2) is 59.9 Å². The van der Waals surface area contributed by atoms with Crippen LogP contribution in [0.25, 0.3) is 0 Å². The van der Waals surface area contributed by atoms with Crippen LogP contribution in [0, 0.1) is 0 Å². The average Bonchev–Trinajstić information content (AvgIpc) is 2.99. The van der Waals surface area contributed by atoms with Gasteiger partial charge in [-0.25, -0.2) is 4.57 Å². The van der Waals surface area contributed by atoms with Gasteiger partial charge in [0.2, 0.25) is 5.60 Å². The van der Waals surface area contributed by atoms with E-state index in [1.165, 1.54) is 116 Å². The largest absolute Gasteiger partial charge is 0.466 e. The van der Waals surface area contributed by atoms with Crippen molar-refractivity contribution < 1.29 is 44.2 Å². The highest BCUT2D eigenvalue weighted by atomic mass is 31.2. The van der Waals surface area contributed by atoms with Crippen molar-refractivity contribution >= 4 is 19.4 Å². The van der Waals surface area contributed by atoms with Gasteiger partial charge >= 0.3 is 7.82 Å². The molecule has 6 N–H and O–H groups in total. The molecule has 10 heteroatoms. The fourth-order valence-corrected chi connectivity index (χ4v) is 5.65. The van der Waals surface area contributed by atoms with Crippen LogP contribution in [-0.2, 0) is 14.2 Å². The summed E-state index contributed by atoms with van der Waals surface area (Å²) in [6, 6.07) is 0. The number of carbonyl (C=O) groups is 2. The Bertz CT molecular complexity index is 676. The number of aliphatic hydroxyl groups excluding tert-OH is 2. The lowest BCUT2D eigenvalue weighted by molar-refractivity contribution is -0.166. The Hall–Kier alpha value is -0.670. The molecule has 0 spiro atoms. The Balaban J connectivity index is 0. The molecule has 9 nitrogen and oxygen atoms in total. The van der Waals surface area contributed by atoms with Crippen molar-refractivity contribution in [3.63, 3.8) is 0 Å². The first kappa shape index (κ1) is 46.4. The minimum absolute atomic E-state index is 0.0651. The molecule has 45 heavy (non-hydrogen) atoms. The van der Waals surface area contributed by atoms with Crippen LogP contribution < -0.4 is 0 Å². The van der Waals surface area contributed by atoms with Crippen molar-refractivity contribution in [2.24, 2.45) is 0 Å². The maximum absolute atomic E-state index is 12.8. The zero-order valence-corrected chi connectivity index (χ0v) is 29.8. The van der Waals surface area contributed by atoms with Gasteiger partial charge in [0, 0.05) is 12.8 Å². The predicted octanol–water partition coefficient (Wildman–Crippen LogP) is 8.24. The predicted molar refractivity (Wildman–Crippen MR) is 183 cm³/mol. The van der Waals surface area contributed by atoms with Crippen molar-refractivity contribution in [1.29, 1.82) is 0 Å². The summed E-state index contributed by atoms with van der Waals surface area (Å²) in [5.41, 5.74) is -2.47. The Kier molecular flexibility index (Phi) is 32.9. The Labute approximate surface area is 275 Å². The van der Waals surface area contributed by atoms with Gasteiger partial charge in [-0.1, -0.05) is 168 Å². The molecule has 0 fully saturated rings. The zero-order chi connectivity index (χ0) is 34.2. The molecule has 0 rings (SSSR count). The quantitative estimate of drug-likeness (QED) is 0.0235. The highest BCUT2D eigenvalue weighted by Gasteiger charge is 2.48. The standard InChI is InChI=1S/C35H68O5.H3O4P/c1-3-5-7-9-11-13-15-17-19-21-23-25-27-29-32(37)35(40,34(39)31-36)33(38)30-28-26-24-22-20-18-16-14-12-10-8-6-4-2;1-5(2,3)4/h34,36,39-40H,3-31H2,1-2H3;(H3,1,2,3,4). The third-order valence-electron chi connectivity index (χ3n) is 8.52. The van der Waals surface area contributed by atoms with Gasteiger partial charge in [-0.15, -0.1) is 0 Å². The SMILES string of the molecule is CCCCCCCCCCCCCCCC(=O)C(O)(C(=O)CCCCCCCCCCCCCCC)C(O)CO.O=P(O)(O)O.